The molecule has 1 saturated carbocycles. The molecule has 1 heterocycles. The van der Waals surface area contributed by atoms with E-state index in [9.17, 15) is 4.79 Å². The molecule has 36 heavy (non-hydrogen) atoms. The van der Waals surface area contributed by atoms with Crippen molar-refractivity contribution in [2.24, 2.45) is 4.99 Å². The van der Waals surface area contributed by atoms with Crippen molar-refractivity contribution < 1.29 is 9.53 Å². The number of hydrogen-bond acceptors (Lipinski definition) is 4. The van der Waals surface area contributed by atoms with E-state index in [0.29, 0.717) is 6.61 Å². The number of rotatable bonds is 6. The van der Waals surface area contributed by atoms with E-state index in [4.69, 9.17) is 9.73 Å². The van der Waals surface area contributed by atoms with Gasteiger partial charge in [-0.25, -0.2) is 4.99 Å². The second kappa shape index (κ2) is 11.5. The number of aliphatic imine (C=N–C) groups is 1. The number of amidine groups is 1. The molecule has 1 aliphatic heterocycles. The molecule has 0 unspecified atom stereocenters. The maximum Gasteiger partial charge on any atom is 0.267 e. The molecular weight excluding hydrogens is 532 g/mol. The molecule has 3 aromatic rings. The Hall–Kier alpha value is -2.83. The normalized spacial score (nSPS) is 18.8. The van der Waals surface area contributed by atoms with E-state index in [-0.39, 0.29) is 11.9 Å². The Morgan fingerprint density at radius 2 is 1.67 bits per heavy atom. The molecule has 0 radical (unpaired) electrons. The molecule has 1 amide bonds. The standard InChI is InChI=1S/C30H29BrN2O2S/c1-21-7-15-25(16-8-21)32-30-33(26-5-3-2-4-6-26)29(34)28(36-30)19-22-11-17-27(18-12-22)35-20-23-9-13-24(31)14-10-23/h7-19,26H,2-6,20H2,1H3/b28-19+,32-30?. The van der Waals surface area contributed by atoms with Gasteiger partial charge in [-0.2, -0.15) is 0 Å². The molecule has 1 saturated heterocycles. The molecule has 0 N–H and O–H groups in total. The van der Waals surface area contributed by atoms with Crippen molar-refractivity contribution in [1.82, 2.24) is 4.90 Å². The molecule has 0 atom stereocenters. The Kier molecular flexibility index (Phi) is 7.93. The van der Waals surface area contributed by atoms with Gasteiger partial charge in [0.15, 0.2) is 5.17 Å². The highest BCUT2D eigenvalue weighted by atomic mass is 79.9. The number of halogens is 1. The first-order chi connectivity index (χ1) is 17.5. The predicted molar refractivity (Wildman–Crippen MR) is 152 cm³/mol. The Labute approximate surface area is 225 Å². The molecule has 0 aromatic heterocycles. The summed E-state index contributed by atoms with van der Waals surface area (Å²) < 4.78 is 6.98. The molecule has 6 heteroatoms. The molecular formula is C30H29BrN2O2S. The first-order valence-electron chi connectivity index (χ1n) is 12.4. The SMILES string of the molecule is Cc1ccc(N=C2S/C(=C/c3ccc(OCc4ccc(Br)cc4)cc3)C(=O)N2C2CCCCC2)cc1. The van der Waals surface area contributed by atoms with Crippen LogP contribution in [0.2, 0.25) is 0 Å². The largest absolute Gasteiger partial charge is 0.489 e. The first-order valence-corrected chi connectivity index (χ1v) is 14.0. The summed E-state index contributed by atoms with van der Waals surface area (Å²) in [6.07, 6.45) is 7.62. The summed E-state index contributed by atoms with van der Waals surface area (Å²) in [5.74, 6) is 0.865. The zero-order valence-corrected chi connectivity index (χ0v) is 22.7. The van der Waals surface area contributed by atoms with Crippen LogP contribution in [-0.2, 0) is 11.4 Å². The maximum absolute atomic E-state index is 13.5. The Balaban J connectivity index is 1.33. The van der Waals surface area contributed by atoms with Crippen LogP contribution in [0, 0.1) is 6.92 Å². The number of aryl methyl sites for hydroxylation is 1. The van der Waals surface area contributed by atoms with E-state index >= 15 is 0 Å². The summed E-state index contributed by atoms with van der Waals surface area (Å²) in [4.78, 5) is 21.1. The molecule has 0 bridgehead atoms. The number of ether oxygens (including phenoxy) is 1. The summed E-state index contributed by atoms with van der Waals surface area (Å²) in [6, 6.07) is 24.4. The maximum atomic E-state index is 13.5. The summed E-state index contributed by atoms with van der Waals surface area (Å²) in [6.45, 7) is 2.58. The van der Waals surface area contributed by atoms with Crippen molar-refractivity contribution in [3.05, 3.63) is 98.9 Å². The third-order valence-corrected chi connectivity index (χ3v) is 8.04. The van der Waals surface area contributed by atoms with Crippen molar-refractivity contribution in [3.8, 4) is 5.75 Å². The van der Waals surface area contributed by atoms with Gasteiger partial charge in [0.05, 0.1) is 10.6 Å². The van der Waals surface area contributed by atoms with Crippen LogP contribution in [0.1, 0.15) is 48.8 Å². The lowest BCUT2D eigenvalue weighted by Crippen LogP contribution is -2.40. The average Bonchev–Trinajstić information content (AvgIpc) is 3.20. The van der Waals surface area contributed by atoms with Gasteiger partial charge in [-0.3, -0.25) is 9.69 Å². The highest BCUT2D eigenvalue weighted by Gasteiger charge is 2.38. The van der Waals surface area contributed by atoms with Crippen LogP contribution in [0.25, 0.3) is 6.08 Å². The molecule has 4 nitrogen and oxygen atoms in total. The highest BCUT2D eigenvalue weighted by Crippen LogP contribution is 2.38. The van der Waals surface area contributed by atoms with Gasteiger partial charge in [0.25, 0.3) is 5.91 Å². The zero-order chi connectivity index (χ0) is 24.9. The van der Waals surface area contributed by atoms with E-state index < -0.39 is 0 Å². The lowest BCUT2D eigenvalue weighted by Gasteiger charge is -2.30. The smallest absolute Gasteiger partial charge is 0.267 e. The van der Waals surface area contributed by atoms with Gasteiger partial charge in [-0.05, 0) is 85.1 Å². The van der Waals surface area contributed by atoms with Crippen LogP contribution in [0.5, 0.6) is 5.75 Å². The molecule has 2 fully saturated rings. The van der Waals surface area contributed by atoms with E-state index in [2.05, 4.69) is 35.0 Å². The Morgan fingerprint density at radius 3 is 2.36 bits per heavy atom. The monoisotopic (exact) mass is 560 g/mol. The van der Waals surface area contributed by atoms with Crippen LogP contribution in [0.4, 0.5) is 5.69 Å². The number of nitrogens with zero attached hydrogens (tertiary/aromatic N) is 2. The minimum absolute atomic E-state index is 0.0633. The molecule has 0 spiro atoms. The molecule has 1 aliphatic carbocycles. The summed E-state index contributed by atoms with van der Waals surface area (Å²) in [5.41, 5.74) is 4.16. The number of hydrogen-bond donors (Lipinski definition) is 0. The van der Waals surface area contributed by atoms with Crippen molar-refractivity contribution in [2.75, 3.05) is 0 Å². The molecule has 2 aliphatic rings. The number of benzene rings is 3. The Bertz CT molecular complexity index is 1260. The van der Waals surface area contributed by atoms with Crippen LogP contribution in [0.15, 0.2) is 87.2 Å². The van der Waals surface area contributed by atoms with Gasteiger partial charge in [-0.15, -0.1) is 0 Å². The lowest BCUT2D eigenvalue weighted by atomic mass is 9.94. The number of carbonyl (C=O) groups is 1. The molecule has 184 valence electrons. The fourth-order valence-corrected chi connectivity index (χ4v) is 5.84. The molecule has 5 rings (SSSR count). The van der Waals surface area contributed by atoms with Crippen molar-refractivity contribution in [3.63, 3.8) is 0 Å². The second-order valence-electron chi connectivity index (χ2n) is 9.29. The van der Waals surface area contributed by atoms with Crippen molar-refractivity contribution in [1.29, 1.82) is 0 Å². The number of carbonyl (C=O) groups excluding carboxylic acids is 1. The third kappa shape index (κ3) is 6.11. The van der Waals surface area contributed by atoms with Gasteiger partial charge in [0.2, 0.25) is 0 Å². The van der Waals surface area contributed by atoms with E-state index in [1.54, 1.807) is 0 Å². The average molecular weight is 562 g/mol. The van der Waals surface area contributed by atoms with Gasteiger partial charge < -0.3 is 4.74 Å². The quantitative estimate of drug-likeness (QED) is 0.285. The number of thioether (sulfide) groups is 1. The van der Waals surface area contributed by atoms with Crippen LogP contribution in [0.3, 0.4) is 0 Å². The summed E-state index contributed by atoms with van der Waals surface area (Å²) in [5, 5.41) is 0.788. The molecule has 3 aromatic carbocycles. The second-order valence-corrected chi connectivity index (χ2v) is 11.2. The van der Waals surface area contributed by atoms with Gasteiger partial charge in [0.1, 0.15) is 12.4 Å². The minimum Gasteiger partial charge on any atom is -0.489 e. The van der Waals surface area contributed by atoms with Crippen LogP contribution < -0.4 is 4.74 Å². The highest BCUT2D eigenvalue weighted by molar-refractivity contribution is 9.10. The van der Waals surface area contributed by atoms with Gasteiger partial charge in [0, 0.05) is 10.5 Å². The predicted octanol–water partition coefficient (Wildman–Crippen LogP) is 8.27. The topological polar surface area (TPSA) is 41.9 Å². The van der Waals surface area contributed by atoms with E-state index in [0.717, 1.165) is 62.8 Å². The fraction of sp³-hybridized carbons (Fsp3) is 0.267. The lowest BCUT2D eigenvalue weighted by molar-refractivity contribution is -0.124. The fourth-order valence-electron chi connectivity index (χ4n) is 4.51. The van der Waals surface area contributed by atoms with E-state index in [1.165, 1.54) is 23.7 Å². The van der Waals surface area contributed by atoms with Gasteiger partial charge in [-0.1, -0.05) is 77.2 Å². The van der Waals surface area contributed by atoms with Crippen molar-refractivity contribution in [2.45, 2.75) is 51.7 Å². The number of amides is 1. The van der Waals surface area contributed by atoms with Crippen LogP contribution in [-0.4, -0.2) is 22.0 Å². The first kappa shape index (κ1) is 24.8. The summed E-state index contributed by atoms with van der Waals surface area (Å²) in [7, 11) is 0. The van der Waals surface area contributed by atoms with E-state index in [1.807, 2.05) is 71.6 Å². The third-order valence-electron chi connectivity index (χ3n) is 6.53. The van der Waals surface area contributed by atoms with Crippen LogP contribution >= 0.6 is 27.7 Å². The minimum atomic E-state index is 0.0633. The Morgan fingerprint density at radius 1 is 0.972 bits per heavy atom. The summed E-state index contributed by atoms with van der Waals surface area (Å²) >= 11 is 4.94. The van der Waals surface area contributed by atoms with Crippen molar-refractivity contribution >= 4 is 50.5 Å². The zero-order valence-electron chi connectivity index (χ0n) is 20.3. The van der Waals surface area contributed by atoms with Gasteiger partial charge >= 0.3 is 0 Å².